The molecule has 1 aromatic carbocycles. The summed E-state index contributed by atoms with van der Waals surface area (Å²) in [4.78, 5) is 26.6. The summed E-state index contributed by atoms with van der Waals surface area (Å²) in [5.41, 5.74) is 1.65. The quantitative estimate of drug-likeness (QED) is 0.869. The number of nitrogens with zero attached hydrogens (tertiary/aromatic N) is 3. The van der Waals surface area contributed by atoms with Crippen LogP contribution < -0.4 is 10.1 Å². The molecule has 1 fully saturated rings. The lowest BCUT2D eigenvalue weighted by Gasteiger charge is -2.42. The highest BCUT2D eigenvalue weighted by Gasteiger charge is 2.43. The van der Waals surface area contributed by atoms with Gasteiger partial charge in [0, 0.05) is 38.4 Å². The highest BCUT2D eigenvalue weighted by Crippen LogP contribution is 2.44. The maximum absolute atomic E-state index is 12.7. The van der Waals surface area contributed by atoms with Crippen LogP contribution in [-0.4, -0.2) is 46.2 Å². The number of carbonyl (C=O) groups excluding carboxylic acids is 2. The Morgan fingerprint density at radius 3 is 2.93 bits per heavy atom. The van der Waals surface area contributed by atoms with Gasteiger partial charge in [0.05, 0.1) is 12.5 Å². The zero-order valence-corrected chi connectivity index (χ0v) is 16.1. The Bertz CT molecular complexity index is 896. The van der Waals surface area contributed by atoms with Gasteiger partial charge in [-0.05, 0) is 19.4 Å². The van der Waals surface area contributed by atoms with Gasteiger partial charge in [0.2, 0.25) is 11.8 Å². The Morgan fingerprint density at radius 2 is 2.14 bits per heavy atom. The van der Waals surface area contributed by atoms with Crippen molar-refractivity contribution in [1.82, 2.24) is 20.5 Å². The average molecular weight is 384 g/mol. The van der Waals surface area contributed by atoms with Crippen LogP contribution in [0.3, 0.4) is 0 Å². The second-order valence-corrected chi connectivity index (χ2v) is 7.69. The number of aryl methyl sites for hydroxylation is 1. The van der Waals surface area contributed by atoms with Crippen LogP contribution in [0.4, 0.5) is 0 Å². The molecular weight excluding hydrogens is 360 g/mol. The van der Waals surface area contributed by atoms with E-state index in [2.05, 4.69) is 20.3 Å². The minimum atomic E-state index is -0.460. The molecule has 148 valence electrons. The second kappa shape index (κ2) is 7.26. The van der Waals surface area contributed by atoms with Crippen molar-refractivity contribution in [1.29, 1.82) is 0 Å². The summed E-state index contributed by atoms with van der Waals surface area (Å²) in [6.45, 7) is 2.41. The van der Waals surface area contributed by atoms with Crippen molar-refractivity contribution in [2.45, 2.75) is 50.7 Å². The largest absolute Gasteiger partial charge is 0.487 e. The first-order valence-corrected chi connectivity index (χ1v) is 9.55. The van der Waals surface area contributed by atoms with Gasteiger partial charge in [-0.1, -0.05) is 28.5 Å². The van der Waals surface area contributed by atoms with E-state index in [0.717, 1.165) is 17.7 Å². The average Bonchev–Trinajstić information content (AvgIpc) is 3.03. The van der Waals surface area contributed by atoms with E-state index < -0.39 is 5.60 Å². The molecule has 4 rings (SSSR count). The SMILES string of the molecule is Cc1nonc1CC(=O)N[C@H]1C[C@]2(CCC(=O)N(C)CC2)Oc2ccccc21. The van der Waals surface area contributed by atoms with Crippen LogP contribution in [0.25, 0.3) is 0 Å². The number of ether oxygens (including phenoxy) is 1. The second-order valence-electron chi connectivity index (χ2n) is 7.69. The van der Waals surface area contributed by atoms with Crippen LogP contribution in [0.2, 0.25) is 0 Å². The molecule has 0 saturated carbocycles. The fraction of sp³-hybridized carbons (Fsp3) is 0.500. The molecule has 0 aliphatic carbocycles. The van der Waals surface area contributed by atoms with Crippen molar-refractivity contribution in [2.75, 3.05) is 13.6 Å². The van der Waals surface area contributed by atoms with E-state index in [-0.39, 0.29) is 24.3 Å². The standard InChI is InChI=1S/C20H24N4O4/c1-13-15(23-28-22-13)11-18(25)21-16-12-20(8-7-19(26)24(2)10-9-20)27-17-6-4-3-5-14(16)17/h3-6,16H,7-12H2,1-2H3,(H,21,25)/t16-,20+/m0/s1. The van der Waals surface area contributed by atoms with Crippen molar-refractivity contribution in [3.8, 4) is 5.75 Å². The van der Waals surface area contributed by atoms with Crippen LogP contribution in [0.1, 0.15) is 48.7 Å². The van der Waals surface area contributed by atoms with Gasteiger partial charge >= 0.3 is 0 Å². The number of rotatable bonds is 3. The maximum Gasteiger partial charge on any atom is 0.226 e. The lowest BCUT2D eigenvalue weighted by atomic mass is 9.82. The van der Waals surface area contributed by atoms with E-state index >= 15 is 0 Å². The number of hydrogen-bond donors (Lipinski definition) is 1. The smallest absolute Gasteiger partial charge is 0.226 e. The first-order chi connectivity index (χ1) is 13.5. The topological polar surface area (TPSA) is 97.6 Å². The third kappa shape index (κ3) is 3.58. The van der Waals surface area contributed by atoms with Crippen LogP contribution in [0.15, 0.2) is 28.9 Å². The number of nitrogens with one attached hydrogen (secondary N) is 1. The van der Waals surface area contributed by atoms with Gasteiger partial charge in [0.15, 0.2) is 0 Å². The zero-order valence-electron chi connectivity index (χ0n) is 16.1. The Balaban J connectivity index is 1.56. The van der Waals surface area contributed by atoms with E-state index in [0.29, 0.717) is 37.2 Å². The van der Waals surface area contributed by atoms with Crippen molar-refractivity contribution in [3.63, 3.8) is 0 Å². The summed E-state index contributed by atoms with van der Waals surface area (Å²) in [6.07, 6.45) is 2.57. The molecule has 1 spiro atoms. The molecule has 3 heterocycles. The number of benzene rings is 1. The summed E-state index contributed by atoms with van der Waals surface area (Å²) < 4.78 is 11.1. The molecule has 2 aromatic rings. The highest BCUT2D eigenvalue weighted by atomic mass is 16.6. The Kier molecular flexibility index (Phi) is 4.78. The molecule has 0 bridgehead atoms. The fourth-order valence-electron chi connectivity index (χ4n) is 4.01. The number of fused-ring (bicyclic) bond motifs is 1. The van der Waals surface area contributed by atoms with Crippen LogP contribution in [0, 0.1) is 6.92 Å². The minimum Gasteiger partial charge on any atom is -0.487 e. The number of carbonyl (C=O) groups is 2. The Morgan fingerprint density at radius 1 is 1.32 bits per heavy atom. The highest BCUT2D eigenvalue weighted by molar-refractivity contribution is 5.79. The van der Waals surface area contributed by atoms with Gasteiger partial charge in [-0.15, -0.1) is 0 Å². The van der Waals surface area contributed by atoms with Gasteiger partial charge in [-0.3, -0.25) is 9.59 Å². The van der Waals surface area contributed by atoms with Crippen molar-refractivity contribution >= 4 is 11.8 Å². The van der Waals surface area contributed by atoms with Crippen LogP contribution in [0.5, 0.6) is 5.75 Å². The summed E-state index contributed by atoms with van der Waals surface area (Å²) in [5, 5.41) is 10.6. The predicted molar refractivity (Wildman–Crippen MR) is 99.5 cm³/mol. The maximum atomic E-state index is 12.7. The molecule has 2 aliphatic rings. The van der Waals surface area contributed by atoms with E-state index in [9.17, 15) is 9.59 Å². The van der Waals surface area contributed by atoms with E-state index in [4.69, 9.17) is 4.74 Å². The summed E-state index contributed by atoms with van der Waals surface area (Å²) in [5.74, 6) is 0.765. The molecule has 2 aliphatic heterocycles. The first kappa shape index (κ1) is 18.5. The first-order valence-electron chi connectivity index (χ1n) is 9.55. The third-order valence-corrected chi connectivity index (χ3v) is 5.73. The summed E-state index contributed by atoms with van der Waals surface area (Å²) in [6, 6.07) is 7.59. The molecule has 8 heteroatoms. The Labute approximate surface area is 163 Å². The molecule has 8 nitrogen and oxygen atoms in total. The number of likely N-dealkylation sites (tertiary alicyclic amines) is 1. The lowest BCUT2D eigenvalue weighted by Crippen LogP contribution is -2.46. The number of amides is 2. The van der Waals surface area contributed by atoms with E-state index in [1.54, 1.807) is 11.8 Å². The van der Waals surface area contributed by atoms with Gasteiger partial charge in [-0.25, -0.2) is 4.63 Å². The van der Waals surface area contributed by atoms with Crippen LogP contribution >= 0.6 is 0 Å². The minimum absolute atomic E-state index is 0.114. The number of hydrogen-bond acceptors (Lipinski definition) is 6. The molecular formula is C20H24N4O4. The van der Waals surface area contributed by atoms with Crippen molar-refractivity contribution in [2.24, 2.45) is 0 Å². The predicted octanol–water partition coefficient (Wildman–Crippen LogP) is 1.94. The van der Waals surface area contributed by atoms with Gasteiger partial charge in [-0.2, -0.15) is 0 Å². The molecule has 0 radical (unpaired) electrons. The summed E-state index contributed by atoms with van der Waals surface area (Å²) >= 11 is 0. The fourth-order valence-corrected chi connectivity index (χ4v) is 4.01. The summed E-state index contributed by atoms with van der Waals surface area (Å²) in [7, 11) is 1.83. The molecule has 1 N–H and O–H groups in total. The monoisotopic (exact) mass is 384 g/mol. The van der Waals surface area contributed by atoms with Crippen molar-refractivity contribution < 1.29 is 19.0 Å². The number of para-hydroxylation sites is 1. The third-order valence-electron chi connectivity index (χ3n) is 5.73. The Hall–Kier alpha value is -2.90. The van der Waals surface area contributed by atoms with Gasteiger partial charge < -0.3 is 15.0 Å². The molecule has 1 aromatic heterocycles. The van der Waals surface area contributed by atoms with E-state index in [1.165, 1.54) is 0 Å². The lowest BCUT2D eigenvalue weighted by molar-refractivity contribution is -0.129. The van der Waals surface area contributed by atoms with Gasteiger partial charge in [0.25, 0.3) is 0 Å². The van der Waals surface area contributed by atoms with E-state index in [1.807, 2.05) is 31.3 Å². The molecule has 1 saturated heterocycles. The normalized spacial score (nSPS) is 24.4. The molecule has 2 atom stereocenters. The zero-order chi connectivity index (χ0) is 19.7. The van der Waals surface area contributed by atoms with Crippen LogP contribution in [-0.2, 0) is 16.0 Å². The molecule has 0 unspecified atom stereocenters. The van der Waals surface area contributed by atoms with Gasteiger partial charge in [0.1, 0.15) is 22.7 Å². The molecule has 2 amide bonds. The van der Waals surface area contributed by atoms with Crippen molar-refractivity contribution in [3.05, 3.63) is 41.2 Å². The molecule has 28 heavy (non-hydrogen) atoms. The number of aromatic nitrogens is 2.